The lowest BCUT2D eigenvalue weighted by Gasteiger charge is -2.43. The second-order valence-electron chi connectivity index (χ2n) is 12.0. The van der Waals surface area contributed by atoms with Crippen LogP contribution in [-0.4, -0.2) is 39.7 Å². The Balaban J connectivity index is 1.14. The molecule has 1 saturated heterocycles. The van der Waals surface area contributed by atoms with Crippen molar-refractivity contribution in [3.63, 3.8) is 0 Å². The lowest BCUT2D eigenvalue weighted by molar-refractivity contribution is -0.123. The van der Waals surface area contributed by atoms with Gasteiger partial charge in [-0.2, -0.15) is 0 Å². The molecule has 2 aliphatic carbocycles. The number of phenols is 1. The number of aromatic nitrogens is 1. The number of benzene rings is 3. The summed E-state index contributed by atoms with van der Waals surface area (Å²) in [5, 5.41) is 13.5. The van der Waals surface area contributed by atoms with Gasteiger partial charge in [-0.3, -0.25) is 24.1 Å². The van der Waals surface area contributed by atoms with Gasteiger partial charge in [0.15, 0.2) is 6.61 Å². The van der Waals surface area contributed by atoms with Gasteiger partial charge in [0.25, 0.3) is 5.91 Å². The van der Waals surface area contributed by atoms with Crippen LogP contribution in [0.15, 0.2) is 81.0 Å². The van der Waals surface area contributed by atoms with Crippen LogP contribution in [0.5, 0.6) is 11.5 Å². The molecule has 2 aliphatic heterocycles. The first-order valence-electron chi connectivity index (χ1n) is 14.7. The number of aromatic amines is 1. The third kappa shape index (κ3) is 4.80. The van der Waals surface area contributed by atoms with Crippen molar-refractivity contribution in [1.82, 2.24) is 4.98 Å². The van der Waals surface area contributed by atoms with Crippen LogP contribution >= 0.6 is 50.6 Å². The van der Waals surface area contributed by atoms with Crippen LogP contribution in [0.4, 0.5) is 11.4 Å². The minimum absolute atomic E-state index is 0.0137. The van der Waals surface area contributed by atoms with E-state index in [-0.39, 0.29) is 63.9 Å². The van der Waals surface area contributed by atoms with Crippen molar-refractivity contribution in [3.8, 4) is 11.5 Å². The number of carbonyl (C=O) groups excluding carboxylic acids is 3. The fraction of sp³-hybridized carbons (Fsp3) is 0.273. The Morgan fingerprint density at radius 1 is 1.02 bits per heavy atom. The van der Waals surface area contributed by atoms with E-state index < -0.39 is 11.8 Å². The average Bonchev–Trinajstić information content (AvgIpc) is 3.77. The smallest absolute Gasteiger partial charge is 0.305 e. The molecule has 4 aromatic rings. The molecule has 2 saturated carbocycles. The quantitative estimate of drug-likeness (QED) is 0.158. The van der Waals surface area contributed by atoms with Crippen molar-refractivity contribution >= 4 is 79.7 Å². The van der Waals surface area contributed by atoms with Gasteiger partial charge < -0.3 is 20.1 Å². The standard InChI is InChI=1S/C33H25BrClN3O6S2/c34-14-1-6-17(7-2-14)38-31(41)26-20-12-21(27(26)32(38)42)28-25(20)24(29-30(45-28)37-33(43)46-29)19-11-15(35)3-10-22(19)44-13-23(40)36-16-4-8-18(39)9-5-16/h1-11,20-21,24-28,39H,12-13H2,(H,36,40)(H,37,43)/t20?,21?,24-,25?,26?,27?,28?/m1/s1. The Bertz CT molecular complexity index is 1970. The SMILES string of the molecule is O=C(COc1ccc(Cl)cc1[C@H]1c2sc(=O)[nH]c2SC2C3CC(C4C(=O)N(c5ccc(Br)cc5)C(=O)C34)C21)Nc1ccc(O)cc1. The number of rotatable bonds is 6. The van der Waals surface area contributed by atoms with Crippen LogP contribution in [-0.2, 0) is 14.4 Å². The minimum atomic E-state index is -0.456. The van der Waals surface area contributed by atoms with Crippen LogP contribution in [0.2, 0.25) is 5.02 Å². The highest BCUT2D eigenvalue weighted by molar-refractivity contribution is 9.10. The molecule has 7 atom stereocenters. The number of phenolic OH excluding ortho intramolecular Hbond substituents is 1. The van der Waals surface area contributed by atoms with Crippen LogP contribution in [0.1, 0.15) is 22.8 Å². The van der Waals surface area contributed by atoms with E-state index in [1.54, 1.807) is 48.2 Å². The van der Waals surface area contributed by atoms with Gasteiger partial charge in [0.05, 0.1) is 22.5 Å². The molecular formula is C33H25BrClN3O6S2. The van der Waals surface area contributed by atoms with Crippen LogP contribution < -0.4 is 19.8 Å². The fourth-order valence-electron chi connectivity index (χ4n) is 7.99. The van der Waals surface area contributed by atoms with Gasteiger partial charge in [-0.15, -0.1) is 11.8 Å². The topological polar surface area (TPSA) is 129 Å². The molecule has 3 heterocycles. The number of H-pyrrole nitrogens is 1. The Morgan fingerprint density at radius 3 is 2.48 bits per heavy atom. The molecule has 0 radical (unpaired) electrons. The maximum atomic E-state index is 14.0. The number of aromatic hydroxyl groups is 1. The number of nitrogens with one attached hydrogen (secondary N) is 2. The largest absolute Gasteiger partial charge is 0.508 e. The van der Waals surface area contributed by atoms with E-state index in [4.69, 9.17) is 16.3 Å². The van der Waals surface area contributed by atoms with Crippen LogP contribution in [0.25, 0.3) is 0 Å². The molecule has 3 N–H and O–H groups in total. The molecule has 46 heavy (non-hydrogen) atoms. The van der Waals surface area contributed by atoms with E-state index in [1.807, 2.05) is 18.2 Å². The maximum Gasteiger partial charge on any atom is 0.305 e. The number of nitrogens with zero attached hydrogens (tertiary/aromatic N) is 1. The van der Waals surface area contributed by atoms with Crippen LogP contribution in [0, 0.1) is 29.6 Å². The number of hydrogen-bond acceptors (Lipinski definition) is 8. The summed E-state index contributed by atoms with van der Waals surface area (Å²) in [5.74, 6) is -1.58. The molecular weight excluding hydrogens is 714 g/mol. The summed E-state index contributed by atoms with van der Waals surface area (Å²) in [5.41, 5.74) is 1.82. The second-order valence-corrected chi connectivity index (χ2v) is 15.6. The summed E-state index contributed by atoms with van der Waals surface area (Å²) in [6.45, 7) is -0.285. The number of hydrogen-bond donors (Lipinski definition) is 3. The fourth-order valence-corrected chi connectivity index (χ4v) is 11.3. The highest BCUT2D eigenvalue weighted by atomic mass is 79.9. The van der Waals surface area contributed by atoms with E-state index in [9.17, 15) is 24.3 Å². The number of carbonyl (C=O) groups is 3. The van der Waals surface area contributed by atoms with Crippen molar-refractivity contribution in [2.24, 2.45) is 29.6 Å². The Morgan fingerprint density at radius 2 is 1.74 bits per heavy atom. The molecule has 3 amide bonds. The molecule has 4 aliphatic rings. The number of imide groups is 1. The molecule has 9 nitrogen and oxygen atoms in total. The van der Waals surface area contributed by atoms with Crippen LogP contribution in [0.3, 0.4) is 0 Å². The van der Waals surface area contributed by atoms with Crippen molar-refractivity contribution in [1.29, 1.82) is 0 Å². The lowest BCUT2D eigenvalue weighted by atomic mass is 9.68. The third-order valence-corrected chi connectivity index (χ3v) is 13.0. The summed E-state index contributed by atoms with van der Waals surface area (Å²) in [6, 6.07) is 18.6. The van der Waals surface area contributed by atoms with Crippen molar-refractivity contribution in [2.75, 3.05) is 16.8 Å². The zero-order valence-electron chi connectivity index (χ0n) is 23.8. The summed E-state index contributed by atoms with van der Waals surface area (Å²) >= 11 is 12.7. The summed E-state index contributed by atoms with van der Waals surface area (Å²) in [6.07, 6.45) is 0.741. The van der Waals surface area contributed by atoms with E-state index in [1.165, 1.54) is 17.0 Å². The Kier molecular flexibility index (Phi) is 7.31. The number of ether oxygens (including phenoxy) is 1. The lowest BCUT2D eigenvalue weighted by Crippen LogP contribution is -2.42. The number of anilines is 2. The normalized spacial score (nSPS) is 27.3. The number of amides is 3. The molecule has 8 rings (SSSR count). The summed E-state index contributed by atoms with van der Waals surface area (Å²) < 4.78 is 6.98. The van der Waals surface area contributed by atoms with Gasteiger partial charge in [-0.25, -0.2) is 0 Å². The second kappa shape index (κ2) is 11.3. The van der Waals surface area contributed by atoms with E-state index in [2.05, 4.69) is 26.2 Å². The van der Waals surface area contributed by atoms with Crippen molar-refractivity contribution in [3.05, 3.63) is 96.3 Å². The summed E-state index contributed by atoms with van der Waals surface area (Å²) in [4.78, 5) is 58.5. The first kappa shape index (κ1) is 29.8. The number of halogens is 2. The molecule has 6 unspecified atom stereocenters. The minimum Gasteiger partial charge on any atom is -0.508 e. The zero-order chi connectivity index (χ0) is 31.9. The average molecular weight is 739 g/mol. The Labute approximate surface area is 284 Å². The summed E-state index contributed by atoms with van der Waals surface area (Å²) in [7, 11) is 0. The number of thioether (sulfide) groups is 1. The maximum absolute atomic E-state index is 14.0. The predicted molar refractivity (Wildman–Crippen MR) is 179 cm³/mol. The molecule has 3 aromatic carbocycles. The van der Waals surface area contributed by atoms with Gasteiger partial charge in [-0.1, -0.05) is 38.9 Å². The van der Waals surface area contributed by atoms with Gasteiger partial charge in [0, 0.05) is 36.8 Å². The zero-order valence-corrected chi connectivity index (χ0v) is 27.8. The van der Waals surface area contributed by atoms with E-state index in [0.29, 0.717) is 22.1 Å². The molecule has 0 spiro atoms. The van der Waals surface area contributed by atoms with E-state index >= 15 is 0 Å². The Hall–Kier alpha value is -3.58. The van der Waals surface area contributed by atoms with Gasteiger partial charge in [-0.05, 0) is 90.9 Å². The predicted octanol–water partition coefficient (Wildman–Crippen LogP) is 6.25. The van der Waals surface area contributed by atoms with Gasteiger partial charge >= 0.3 is 4.87 Å². The number of fused-ring (bicyclic) bond motifs is 9. The third-order valence-electron chi connectivity index (χ3n) is 9.63. The first-order chi connectivity index (χ1) is 22.2. The van der Waals surface area contributed by atoms with E-state index in [0.717, 1.165) is 37.7 Å². The van der Waals surface area contributed by atoms with Gasteiger partial charge in [0.1, 0.15) is 11.5 Å². The first-order valence-corrected chi connectivity index (χ1v) is 17.6. The van der Waals surface area contributed by atoms with Crippen molar-refractivity contribution in [2.45, 2.75) is 22.6 Å². The molecule has 2 bridgehead atoms. The molecule has 3 fully saturated rings. The highest BCUT2D eigenvalue weighted by Crippen LogP contribution is 2.69. The monoisotopic (exact) mass is 737 g/mol. The highest BCUT2D eigenvalue weighted by Gasteiger charge is 2.69. The number of thiazole rings is 1. The molecule has 13 heteroatoms. The molecule has 1 aromatic heterocycles. The van der Waals surface area contributed by atoms with Crippen molar-refractivity contribution < 1.29 is 24.2 Å². The molecule has 234 valence electrons. The van der Waals surface area contributed by atoms with Gasteiger partial charge in [0.2, 0.25) is 11.8 Å².